The number of halogens is 1. The second-order valence-corrected chi connectivity index (χ2v) is 7.14. The van der Waals surface area contributed by atoms with Crippen LogP contribution in [0.3, 0.4) is 0 Å². The van der Waals surface area contributed by atoms with Gasteiger partial charge in [-0.05, 0) is 38.0 Å². The fourth-order valence-electron chi connectivity index (χ4n) is 1.61. The lowest BCUT2D eigenvalue weighted by Gasteiger charge is -2.15. The minimum atomic E-state index is -3.72. The van der Waals surface area contributed by atoms with Gasteiger partial charge in [0.05, 0.1) is 10.9 Å². The molecule has 2 N–H and O–H groups in total. The van der Waals surface area contributed by atoms with Crippen LogP contribution in [0, 0.1) is 6.92 Å². The van der Waals surface area contributed by atoms with Crippen molar-refractivity contribution in [1.82, 2.24) is 10.0 Å². The van der Waals surface area contributed by atoms with E-state index in [1.807, 2.05) is 6.92 Å². The number of benzene rings is 1. The second-order valence-electron chi connectivity index (χ2n) is 4.54. The summed E-state index contributed by atoms with van der Waals surface area (Å²) < 4.78 is 27.6. The molecule has 1 aromatic rings. The van der Waals surface area contributed by atoms with Crippen LogP contribution in [0.1, 0.15) is 25.8 Å². The third kappa shape index (κ3) is 4.57. The summed E-state index contributed by atoms with van der Waals surface area (Å²) in [7, 11) is -3.72. The van der Waals surface area contributed by atoms with Gasteiger partial charge in [0.1, 0.15) is 0 Å². The molecule has 7 heteroatoms. The van der Waals surface area contributed by atoms with E-state index in [0.717, 1.165) is 6.42 Å². The predicted octanol–water partition coefficient (Wildman–Crippen LogP) is 1.95. The van der Waals surface area contributed by atoms with Crippen LogP contribution in [0.25, 0.3) is 0 Å². The number of carbonyl (C=O) groups is 1. The first kappa shape index (κ1) is 17.1. The molecular weight excluding hydrogens is 344 g/mol. The van der Waals surface area contributed by atoms with Crippen LogP contribution >= 0.6 is 15.9 Å². The van der Waals surface area contributed by atoms with Crippen molar-refractivity contribution in [1.29, 1.82) is 0 Å². The van der Waals surface area contributed by atoms with E-state index in [9.17, 15) is 13.2 Å². The van der Waals surface area contributed by atoms with Crippen LogP contribution in [0.15, 0.2) is 27.6 Å². The Morgan fingerprint density at radius 3 is 2.65 bits per heavy atom. The molecule has 5 nitrogen and oxygen atoms in total. The van der Waals surface area contributed by atoms with Gasteiger partial charge in [0, 0.05) is 11.0 Å². The molecule has 0 fully saturated rings. The van der Waals surface area contributed by atoms with Gasteiger partial charge in [-0.25, -0.2) is 8.42 Å². The van der Waals surface area contributed by atoms with Gasteiger partial charge in [0.15, 0.2) is 0 Å². The Kier molecular flexibility index (Phi) is 6.16. The molecule has 1 atom stereocenters. The smallest absolute Gasteiger partial charge is 0.241 e. The predicted molar refractivity (Wildman–Crippen MR) is 82.0 cm³/mol. The Morgan fingerprint density at radius 2 is 2.05 bits per heavy atom. The number of amides is 1. The number of sulfonamides is 1. The van der Waals surface area contributed by atoms with E-state index in [4.69, 9.17) is 0 Å². The van der Waals surface area contributed by atoms with Crippen LogP contribution in [0.4, 0.5) is 0 Å². The first-order valence-electron chi connectivity index (χ1n) is 6.34. The molecule has 0 heterocycles. The minimum absolute atomic E-state index is 0.169. The largest absolute Gasteiger partial charge is 0.355 e. The maximum Gasteiger partial charge on any atom is 0.241 e. The van der Waals surface area contributed by atoms with Gasteiger partial charge in [-0.1, -0.05) is 28.9 Å². The van der Waals surface area contributed by atoms with Gasteiger partial charge in [-0.15, -0.1) is 0 Å². The SMILES string of the molecule is CCCNC(=O)[C@H](C)NS(=O)(=O)c1cc(Br)ccc1C. The molecule has 0 bridgehead atoms. The lowest BCUT2D eigenvalue weighted by molar-refractivity contribution is -0.122. The zero-order valence-electron chi connectivity index (χ0n) is 11.7. The Bertz CT molecular complexity index is 587. The van der Waals surface area contributed by atoms with Crippen molar-refractivity contribution in [2.45, 2.75) is 38.1 Å². The molecule has 1 rings (SSSR count). The summed E-state index contributed by atoms with van der Waals surface area (Å²) in [6.45, 7) is 5.69. The summed E-state index contributed by atoms with van der Waals surface area (Å²) in [5, 5.41) is 2.66. The number of nitrogens with one attached hydrogen (secondary N) is 2. The van der Waals surface area contributed by atoms with Crippen molar-refractivity contribution < 1.29 is 13.2 Å². The quantitative estimate of drug-likeness (QED) is 0.811. The third-order valence-electron chi connectivity index (χ3n) is 2.71. The topological polar surface area (TPSA) is 75.3 Å². The fourth-order valence-corrected chi connectivity index (χ4v) is 3.60. The number of rotatable bonds is 6. The molecule has 0 aliphatic carbocycles. The molecule has 1 aromatic carbocycles. The van der Waals surface area contributed by atoms with E-state index in [1.165, 1.54) is 13.0 Å². The Morgan fingerprint density at radius 1 is 1.40 bits per heavy atom. The van der Waals surface area contributed by atoms with Crippen molar-refractivity contribution in [3.8, 4) is 0 Å². The van der Waals surface area contributed by atoms with Crippen molar-refractivity contribution in [2.75, 3.05) is 6.54 Å². The average molecular weight is 363 g/mol. The summed E-state index contributed by atoms with van der Waals surface area (Å²) in [5.41, 5.74) is 0.627. The van der Waals surface area contributed by atoms with Gasteiger partial charge in [0.2, 0.25) is 15.9 Å². The average Bonchev–Trinajstić information content (AvgIpc) is 2.38. The number of hydrogen-bond donors (Lipinski definition) is 2. The minimum Gasteiger partial charge on any atom is -0.355 e. The van der Waals surface area contributed by atoms with Gasteiger partial charge in [0.25, 0.3) is 0 Å². The summed E-state index contributed by atoms with van der Waals surface area (Å²) in [6.07, 6.45) is 0.802. The molecule has 0 spiro atoms. The second kappa shape index (κ2) is 7.19. The highest BCUT2D eigenvalue weighted by atomic mass is 79.9. The van der Waals surface area contributed by atoms with Crippen molar-refractivity contribution in [2.24, 2.45) is 0 Å². The molecule has 20 heavy (non-hydrogen) atoms. The highest BCUT2D eigenvalue weighted by Gasteiger charge is 2.23. The first-order valence-corrected chi connectivity index (χ1v) is 8.61. The molecule has 0 aromatic heterocycles. The summed E-state index contributed by atoms with van der Waals surface area (Å²) in [5.74, 6) is -0.330. The molecule has 1 amide bonds. The van der Waals surface area contributed by atoms with Gasteiger partial charge < -0.3 is 5.32 Å². The standard InChI is InChI=1S/C13H19BrN2O3S/c1-4-7-15-13(17)10(3)16-20(18,19)12-8-11(14)6-5-9(12)2/h5-6,8,10,16H,4,7H2,1-3H3,(H,15,17)/t10-/m0/s1. The Labute approximate surface area is 128 Å². The van der Waals surface area contributed by atoms with Crippen molar-refractivity contribution in [3.63, 3.8) is 0 Å². The summed E-state index contributed by atoms with van der Waals surface area (Å²) in [6, 6.07) is 4.19. The number of aryl methyl sites for hydroxylation is 1. The van der Waals surface area contributed by atoms with Gasteiger partial charge in [-0.2, -0.15) is 4.72 Å². The molecule has 0 unspecified atom stereocenters. The molecule has 0 aliphatic heterocycles. The maximum atomic E-state index is 12.3. The summed E-state index contributed by atoms with van der Waals surface area (Å²) >= 11 is 3.25. The molecular formula is C13H19BrN2O3S. The maximum absolute atomic E-state index is 12.3. The van der Waals surface area contributed by atoms with Crippen molar-refractivity contribution >= 4 is 31.9 Å². The normalized spacial score (nSPS) is 13.0. The van der Waals surface area contributed by atoms with Gasteiger partial charge >= 0.3 is 0 Å². The Hall–Kier alpha value is -0.920. The first-order chi connectivity index (χ1) is 9.27. The highest BCUT2D eigenvalue weighted by Crippen LogP contribution is 2.20. The molecule has 0 radical (unpaired) electrons. The van der Waals surface area contributed by atoms with Gasteiger partial charge in [-0.3, -0.25) is 4.79 Å². The molecule has 112 valence electrons. The van der Waals surface area contributed by atoms with E-state index in [1.54, 1.807) is 19.1 Å². The zero-order valence-corrected chi connectivity index (χ0v) is 14.1. The van der Waals surface area contributed by atoms with E-state index in [2.05, 4.69) is 26.0 Å². The van der Waals surface area contributed by atoms with E-state index < -0.39 is 16.1 Å². The van der Waals surface area contributed by atoms with Crippen LogP contribution in [-0.4, -0.2) is 26.9 Å². The van der Waals surface area contributed by atoms with Crippen LogP contribution in [0.2, 0.25) is 0 Å². The monoisotopic (exact) mass is 362 g/mol. The Balaban J connectivity index is 2.89. The van der Waals surface area contributed by atoms with Crippen LogP contribution < -0.4 is 10.0 Å². The summed E-state index contributed by atoms with van der Waals surface area (Å²) in [4.78, 5) is 11.9. The van der Waals surface area contributed by atoms with Crippen LogP contribution in [0.5, 0.6) is 0 Å². The number of carbonyl (C=O) groups excluding carboxylic acids is 1. The molecule has 0 aliphatic rings. The third-order valence-corrected chi connectivity index (χ3v) is 4.89. The lowest BCUT2D eigenvalue weighted by atomic mass is 10.2. The zero-order chi connectivity index (χ0) is 15.3. The lowest BCUT2D eigenvalue weighted by Crippen LogP contribution is -2.45. The molecule has 0 saturated carbocycles. The van der Waals surface area contributed by atoms with Crippen LogP contribution in [-0.2, 0) is 14.8 Å². The highest BCUT2D eigenvalue weighted by molar-refractivity contribution is 9.10. The fraction of sp³-hybridized carbons (Fsp3) is 0.462. The van der Waals surface area contributed by atoms with Crippen molar-refractivity contribution in [3.05, 3.63) is 28.2 Å². The van der Waals surface area contributed by atoms with E-state index in [-0.39, 0.29) is 10.8 Å². The van der Waals surface area contributed by atoms with E-state index in [0.29, 0.717) is 16.6 Å². The number of hydrogen-bond acceptors (Lipinski definition) is 3. The molecule has 0 saturated heterocycles. The van der Waals surface area contributed by atoms with E-state index >= 15 is 0 Å².